The van der Waals surface area contributed by atoms with Gasteiger partial charge < -0.3 is 70.0 Å². The molecule has 0 saturated carbocycles. The Bertz CT molecular complexity index is 1550. The molecule has 0 aromatic heterocycles. The predicted octanol–water partition coefficient (Wildman–Crippen LogP) is 0.752. The van der Waals surface area contributed by atoms with E-state index >= 15 is 0 Å². The molecule has 3 aromatic carbocycles. The van der Waals surface area contributed by atoms with Crippen molar-refractivity contribution < 1.29 is 84.4 Å². The molecule has 234 valence electrons. The third-order valence-electron chi connectivity index (χ3n) is 6.30. The predicted molar refractivity (Wildman–Crippen MR) is 138 cm³/mol. The molecule has 17 nitrogen and oxygen atoms in total. The number of esters is 3. The molecule has 1 heterocycles. The van der Waals surface area contributed by atoms with E-state index in [0.717, 1.165) is 36.4 Å². The minimum Gasteiger partial charge on any atom is -0.504 e. The van der Waals surface area contributed by atoms with Crippen molar-refractivity contribution in [1.82, 2.24) is 0 Å². The topological polar surface area (TPSA) is 290 Å². The van der Waals surface area contributed by atoms with Crippen LogP contribution in [-0.2, 0) is 18.9 Å². The highest BCUT2D eigenvalue weighted by atomic mass is 16.7. The molecule has 1 saturated heterocycles. The van der Waals surface area contributed by atoms with Gasteiger partial charge in [0, 0.05) is 6.42 Å². The highest BCUT2D eigenvalue weighted by Crippen LogP contribution is 2.38. The summed E-state index contributed by atoms with van der Waals surface area (Å²) < 4.78 is 21.2. The maximum Gasteiger partial charge on any atom is 0.338 e. The van der Waals surface area contributed by atoms with Crippen LogP contribution >= 0.6 is 0 Å². The van der Waals surface area contributed by atoms with Crippen molar-refractivity contribution in [3.05, 3.63) is 53.1 Å². The van der Waals surface area contributed by atoms with Crippen LogP contribution in [0, 0.1) is 0 Å². The van der Waals surface area contributed by atoms with Crippen molar-refractivity contribution >= 4 is 17.9 Å². The molecule has 1 aliphatic heterocycles. The fourth-order valence-electron chi connectivity index (χ4n) is 4.11. The number of rotatable bonds is 7. The summed E-state index contributed by atoms with van der Waals surface area (Å²) in [6, 6.07) is 4.50. The number of aromatic hydroxyl groups is 9. The molecule has 0 amide bonds. The Morgan fingerprint density at radius 2 is 0.977 bits per heavy atom. The van der Waals surface area contributed by atoms with E-state index in [0.29, 0.717) is 0 Å². The summed E-state index contributed by atoms with van der Waals surface area (Å²) in [5.74, 6) is -11.8. The fraction of sp³-hybridized carbons (Fsp3) is 0.222. The zero-order valence-corrected chi connectivity index (χ0v) is 22.0. The number of ether oxygens (including phenoxy) is 4. The lowest BCUT2D eigenvalue weighted by Crippen LogP contribution is -2.54. The molecule has 10 N–H and O–H groups in total. The molecule has 4 atom stereocenters. The van der Waals surface area contributed by atoms with Gasteiger partial charge in [-0.05, 0) is 36.4 Å². The van der Waals surface area contributed by atoms with Crippen LogP contribution < -0.4 is 0 Å². The largest absolute Gasteiger partial charge is 0.504 e. The van der Waals surface area contributed by atoms with Gasteiger partial charge in [-0.2, -0.15) is 0 Å². The lowest BCUT2D eigenvalue weighted by molar-refractivity contribution is -0.239. The number of carbonyl (C=O) groups excluding carboxylic acids is 3. The maximum atomic E-state index is 13.0. The monoisotopic (exact) mass is 620 g/mol. The summed E-state index contributed by atoms with van der Waals surface area (Å²) in [7, 11) is 0. The van der Waals surface area contributed by atoms with Gasteiger partial charge in [0.2, 0.25) is 0 Å². The van der Waals surface area contributed by atoms with Gasteiger partial charge in [0.1, 0.15) is 18.8 Å². The highest BCUT2D eigenvalue weighted by molar-refractivity contribution is 5.92. The lowest BCUT2D eigenvalue weighted by atomic mass is 10.0. The Labute approximate surface area is 245 Å². The number of hydrogen-bond acceptors (Lipinski definition) is 17. The van der Waals surface area contributed by atoms with E-state index in [1.54, 1.807) is 0 Å². The quantitative estimate of drug-likeness (QED) is 0.0990. The van der Waals surface area contributed by atoms with E-state index in [-0.39, 0.29) is 0 Å². The van der Waals surface area contributed by atoms with Crippen LogP contribution in [-0.4, -0.2) is 100 Å². The number of phenols is 9. The third-order valence-corrected chi connectivity index (χ3v) is 6.30. The van der Waals surface area contributed by atoms with E-state index in [4.69, 9.17) is 18.9 Å². The molecule has 17 heteroatoms. The van der Waals surface area contributed by atoms with Gasteiger partial charge in [-0.15, -0.1) is 0 Å². The molecule has 0 aliphatic carbocycles. The molecule has 0 radical (unpaired) electrons. The molecular weight excluding hydrogens is 596 g/mol. The van der Waals surface area contributed by atoms with E-state index in [1.807, 2.05) is 0 Å². The van der Waals surface area contributed by atoms with Gasteiger partial charge in [0.25, 0.3) is 0 Å². The second-order valence-electron chi connectivity index (χ2n) is 9.37. The highest BCUT2D eigenvalue weighted by Gasteiger charge is 2.44. The number of benzene rings is 3. The van der Waals surface area contributed by atoms with Gasteiger partial charge in [0.05, 0.1) is 16.7 Å². The van der Waals surface area contributed by atoms with Crippen LogP contribution in [0.3, 0.4) is 0 Å². The average Bonchev–Trinajstić information content (AvgIpc) is 2.96. The van der Waals surface area contributed by atoms with E-state index in [9.17, 15) is 65.4 Å². The summed E-state index contributed by atoms with van der Waals surface area (Å²) >= 11 is 0. The van der Waals surface area contributed by atoms with Gasteiger partial charge in [-0.25, -0.2) is 14.4 Å². The van der Waals surface area contributed by atoms with Crippen molar-refractivity contribution in [2.45, 2.75) is 31.0 Å². The molecule has 0 unspecified atom stereocenters. The number of aliphatic hydroxyl groups is 1. The summed E-state index contributed by atoms with van der Waals surface area (Å²) in [5.41, 5.74) is -1.42. The first-order valence-electron chi connectivity index (χ1n) is 12.3. The van der Waals surface area contributed by atoms with Crippen molar-refractivity contribution in [3.63, 3.8) is 0 Å². The number of hydrogen-bond donors (Lipinski definition) is 10. The van der Waals surface area contributed by atoms with Gasteiger partial charge in [-0.3, -0.25) is 0 Å². The second kappa shape index (κ2) is 12.2. The summed E-state index contributed by atoms with van der Waals surface area (Å²) in [6.45, 7) is -0.822. The summed E-state index contributed by atoms with van der Waals surface area (Å²) in [6.07, 6.45) is -7.14. The van der Waals surface area contributed by atoms with Gasteiger partial charge >= 0.3 is 17.9 Å². The SMILES string of the molecule is O=C(OC[C@H]1O[C@@H](O)C[C@@H](OC(=O)c2cc(O)c(O)c(O)c2)[C@@H]1OC(=O)c1cc(O)c(O)c(O)c1)c1cc(O)c(O)c(O)c1. The lowest BCUT2D eigenvalue weighted by Gasteiger charge is -2.38. The van der Waals surface area contributed by atoms with Crippen LogP contribution in [0.4, 0.5) is 0 Å². The van der Waals surface area contributed by atoms with Crippen molar-refractivity contribution in [2.24, 2.45) is 0 Å². The zero-order valence-electron chi connectivity index (χ0n) is 22.0. The number of aliphatic hydroxyl groups excluding tert-OH is 1. The molecule has 44 heavy (non-hydrogen) atoms. The fourth-order valence-corrected chi connectivity index (χ4v) is 4.11. The van der Waals surface area contributed by atoms with Gasteiger partial charge in [0.15, 0.2) is 64.1 Å². The average molecular weight is 620 g/mol. The minimum atomic E-state index is -1.71. The molecule has 0 bridgehead atoms. The minimum absolute atomic E-state index is 0.437. The van der Waals surface area contributed by atoms with Crippen molar-refractivity contribution in [2.75, 3.05) is 6.61 Å². The molecular formula is C27H24O17. The third kappa shape index (κ3) is 6.48. The van der Waals surface area contributed by atoms with E-state index in [1.165, 1.54) is 0 Å². The maximum absolute atomic E-state index is 13.0. The van der Waals surface area contributed by atoms with Crippen LogP contribution in [0.5, 0.6) is 51.7 Å². The first-order chi connectivity index (χ1) is 20.7. The Morgan fingerprint density at radius 1 is 0.614 bits per heavy atom. The smallest absolute Gasteiger partial charge is 0.338 e. The molecule has 1 aliphatic rings. The van der Waals surface area contributed by atoms with Crippen molar-refractivity contribution in [1.29, 1.82) is 0 Å². The first-order valence-corrected chi connectivity index (χ1v) is 12.3. The standard InChI is InChI=1S/C27H24O17/c28-12-1-9(2-13(29)21(12)35)25(38)41-8-19-24(44-27(40)11-5-16(32)23(37)17(33)6-11)18(7-20(34)42-19)43-26(39)10-3-14(30)22(36)15(31)4-10/h1-6,18-20,24,28-37H,7-8H2/t18-,19-,20-,24+/m1/s1. The van der Waals surface area contributed by atoms with Crippen LogP contribution in [0.1, 0.15) is 37.5 Å². The van der Waals surface area contributed by atoms with Crippen LogP contribution in [0.2, 0.25) is 0 Å². The van der Waals surface area contributed by atoms with E-state index < -0.39 is 124 Å². The Balaban J connectivity index is 1.62. The second-order valence-corrected chi connectivity index (χ2v) is 9.37. The zero-order chi connectivity index (χ0) is 32.5. The van der Waals surface area contributed by atoms with E-state index in [2.05, 4.69) is 0 Å². The number of carbonyl (C=O) groups is 3. The summed E-state index contributed by atoms with van der Waals surface area (Å²) in [4.78, 5) is 38.5. The molecule has 3 aromatic rings. The normalized spacial score (nSPS) is 19.6. The Kier molecular flexibility index (Phi) is 8.63. The molecule has 1 fully saturated rings. The Hall–Kier alpha value is -5.81. The van der Waals surface area contributed by atoms with Crippen LogP contribution in [0.25, 0.3) is 0 Å². The van der Waals surface area contributed by atoms with Gasteiger partial charge in [-0.1, -0.05) is 0 Å². The summed E-state index contributed by atoms with van der Waals surface area (Å²) in [5, 5.41) is 97.3. The molecule has 4 rings (SSSR count). The first kappa shape index (κ1) is 31.1. The Morgan fingerprint density at radius 3 is 1.39 bits per heavy atom. The van der Waals surface area contributed by atoms with Crippen molar-refractivity contribution in [3.8, 4) is 51.7 Å². The molecule has 0 spiro atoms. The van der Waals surface area contributed by atoms with Crippen LogP contribution in [0.15, 0.2) is 36.4 Å². The number of phenolic OH excluding ortho intramolecular Hbond substituents is 9.